The van der Waals surface area contributed by atoms with Gasteiger partial charge in [-0.15, -0.1) is 0 Å². The molecular formula is C36H53NO3. The Labute approximate surface area is 242 Å². The minimum Gasteiger partial charge on any atom is -0.461 e. The van der Waals surface area contributed by atoms with Crippen molar-refractivity contribution in [1.29, 1.82) is 0 Å². The average molecular weight is 548 g/mol. The van der Waals surface area contributed by atoms with Gasteiger partial charge in [-0.2, -0.15) is 0 Å². The van der Waals surface area contributed by atoms with Crippen molar-refractivity contribution in [2.45, 2.75) is 112 Å². The highest BCUT2D eigenvalue weighted by molar-refractivity contribution is 5.88. The summed E-state index contributed by atoms with van der Waals surface area (Å²) in [6.07, 6.45) is 15.0. The monoisotopic (exact) mass is 547 g/mol. The van der Waals surface area contributed by atoms with Crippen molar-refractivity contribution in [1.82, 2.24) is 4.98 Å². The Bertz CT molecular complexity index is 1160. The molecule has 6 rings (SSSR count). The SMILES string of the molecule is C=C(C)[C@@H]1CC[C@]2(COC(=O)c3cccnc3)CC[C@]3(C)C(CCC4[C@@]5(C)CC[C@H](O)C(C)(C)C5CC[C@]43C)C12. The average Bonchev–Trinajstić information content (AvgIpc) is 3.31. The zero-order valence-corrected chi connectivity index (χ0v) is 26.0. The van der Waals surface area contributed by atoms with Gasteiger partial charge in [0.05, 0.1) is 18.3 Å². The van der Waals surface area contributed by atoms with Crippen LogP contribution in [0.25, 0.3) is 0 Å². The number of nitrogens with zero attached hydrogens (tertiary/aromatic N) is 1. The van der Waals surface area contributed by atoms with E-state index < -0.39 is 0 Å². The number of hydrogen-bond acceptors (Lipinski definition) is 4. The standard InChI is InChI=1S/C36H53NO3/c1-23(2)25-12-17-36(22-40-31(39)24-9-8-20-37-21-24)19-18-34(6)26(30(25)36)10-11-28-33(5)15-14-29(38)32(3,4)27(33)13-16-35(28,34)7/h8-9,20-21,25-30,38H,1,10-19,22H2,2-7H3/t25-,26?,27?,28?,29-,30?,33-,34+,35+,36+/m0/s1. The number of esters is 1. The molecule has 0 radical (unpaired) electrons. The largest absolute Gasteiger partial charge is 0.461 e. The lowest BCUT2D eigenvalue weighted by Gasteiger charge is -2.73. The molecule has 0 aliphatic heterocycles. The van der Waals surface area contributed by atoms with Crippen molar-refractivity contribution in [3.05, 3.63) is 42.2 Å². The predicted molar refractivity (Wildman–Crippen MR) is 159 cm³/mol. The van der Waals surface area contributed by atoms with E-state index in [1.807, 2.05) is 0 Å². The Morgan fingerprint density at radius 1 is 0.975 bits per heavy atom. The molecule has 5 fully saturated rings. The van der Waals surface area contributed by atoms with Crippen LogP contribution in [0.1, 0.15) is 116 Å². The van der Waals surface area contributed by atoms with Gasteiger partial charge in [-0.3, -0.25) is 4.98 Å². The van der Waals surface area contributed by atoms with E-state index in [1.165, 1.54) is 44.1 Å². The number of allylic oxidation sites excluding steroid dienone is 1. The molecule has 0 aromatic carbocycles. The summed E-state index contributed by atoms with van der Waals surface area (Å²) in [6.45, 7) is 19.9. The van der Waals surface area contributed by atoms with Gasteiger partial charge in [0.1, 0.15) is 0 Å². The molecule has 5 aliphatic rings. The van der Waals surface area contributed by atoms with Crippen molar-refractivity contribution in [2.24, 2.45) is 56.7 Å². The normalized spacial score (nSPS) is 47.3. The quantitative estimate of drug-likeness (QED) is 0.304. The van der Waals surface area contributed by atoms with E-state index in [0.29, 0.717) is 52.6 Å². The Morgan fingerprint density at radius 2 is 1.75 bits per heavy atom. The van der Waals surface area contributed by atoms with Crippen LogP contribution in [0.3, 0.4) is 0 Å². The van der Waals surface area contributed by atoms with Crippen LogP contribution in [0.2, 0.25) is 0 Å². The molecule has 0 saturated heterocycles. The maximum Gasteiger partial charge on any atom is 0.339 e. The van der Waals surface area contributed by atoms with Crippen LogP contribution in [0, 0.1) is 56.7 Å². The van der Waals surface area contributed by atoms with Gasteiger partial charge in [0.15, 0.2) is 0 Å². The van der Waals surface area contributed by atoms with Crippen LogP contribution in [0.5, 0.6) is 0 Å². The van der Waals surface area contributed by atoms with E-state index in [0.717, 1.165) is 25.7 Å². The van der Waals surface area contributed by atoms with Gasteiger partial charge in [0.25, 0.3) is 0 Å². The number of ether oxygens (including phenoxy) is 1. The highest BCUT2D eigenvalue weighted by atomic mass is 16.5. The molecule has 1 aromatic rings. The Balaban J connectivity index is 1.32. The number of carbonyl (C=O) groups is 1. The summed E-state index contributed by atoms with van der Waals surface area (Å²) in [5.74, 6) is 2.72. The second kappa shape index (κ2) is 9.41. The summed E-state index contributed by atoms with van der Waals surface area (Å²) < 4.78 is 6.13. The Hall–Kier alpha value is -1.68. The summed E-state index contributed by atoms with van der Waals surface area (Å²) in [4.78, 5) is 17.2. The minimum atomic E-state index is -0.239. The summed E-state index contributed by atoms with van der Waals surface area (Å²) in [5, 5.41) is 11.0. The van der Waals surface area contributed by atoms with E-state index in [-0.39, 0.29) is 28.3 Å². The summed E-state index contributed by atoms with van der Waals surface area (Å²) in [5.41, 5.74) is 2.75. The minimum absolute atomic E-state index is 0.0115. The first-order valence-electron chi connectivity index (χ1n) is 16.2. The van der Waals surface area contributed by atoms with Crippen molar-refractivity contribution in [3.63, 3.8) is 0 Å². The molecule has 4 nitrogen and oxygen atoms in total. The van der Waals surface area contributed by atoms with Crippen LogP contribution >= 0.6 is 0 Å². The summed E-state index contributed by atoms with van der Waals surface area (Å²) in [7, 11) is 0. The molecule has 0 spiro atoms. The fourth-order valence-corrected chi connectivity index (χ4v) is 12.3. The zero-order chi connectivity index (χ0) is 28.7. The van der Waals surface area contributed by atoms with Crippen molar-refractivity contribution < 1.29 is 14.6 Å². The van der Waals surface area contributed by atoms with Crippen LogP contribution in [-0.4, -0.2) is 28.8 Å². The predicted octanol–water partition coefficient (Wildman–Crippen LogP) is 8.26. The fourth-order valence-electron chi connectivity index (χ4n) is 12.3. The fraction of sp³-hybridized carbons (Fsp3) is 0.778. The van der Waals surface area contributed by atoms with Crippen LogP contribution in [-0.2, 0) is 4.74 Å². The molecule has 1 aromatic heterocycles. The molecular weight excluding hydrogens is 494 g/mol. The van der Waals surface area contributed by atoms with Crippen molar-refractivity contribution >= 4 is 5.97 Å². The van der Waals surface area contributed by atoms with Gasteiger partial charge in [-0.1, -0.05) is 46.8 Å². The zero-order valence-electron chi connectivity index (χ0n) is 26.0. The van der Waals surface area contributed by atoms with Crippen molar-refractivity contribution in [3.8, 4) is 0 Å². The molecule has 40 heavy (non-hydrogen) atoms. The topological polar surface area (TPSA) is 59.4 Å². The molecule has 0 amide bonds. The van der Waals surface area contributed by atoms with Crippen molar-refractivity contribution in [2.75, 3.05) is 6.61 Å². The molecule has 5 aliphatic carbocycles. The van der Waals surface area contributed by atoms with E-state index in [9.17, 15) is 9.90 Å². The van der Waals surface area contributed by atoms with Gasteiger partial charge >= 0.3 is 5.97 Å². The third-order valence-electron chi connectivity index (χ3n) is 14.6. The molecule has 4 unspecified atom stereocenters. The second-order valence-corrected chi connectivity index (χ2v) is 16.2. The van der Waals surface area contributed by atoms with E-state index in [1.54, 1.807) is 24.5 Å². The maximum atomic E-state index is 13.0. The van der Waals surface area contributed by atoms with Gasteiger partial charge in [-0.25, -0.2) is 4.79 Å². The van der Waals surface area contributed by atoms with Gasteiger partial charge in [0, 0.05) is 17.8 Å². The number of aromatic nitrogens is 1. The molecule has 5 saturated carbocycles. The van der Waals surface area contributed by atoms with Gasteiger partial charge < -0.3 is 9.84 Å². The second-order valence-electron chi connectivity index (χ2n) is 16.2. The Kier molecular flexibility index (Phi) is 6.69. The third kappa shape index (κ3) is 3.79. The molecule has 220 valence electrons. The number of aliphatic hydroxyl groups excluding tert-OH is 1. The number of aliphatic hydroxyl groups is 1. The molecule has 10 atom stereocenters. The third-order valence-corrected chi connectivity index (χ3v) is 14.6. The highest BCUT2D eigenvalue weighted by Crippen LogP contribution is 2.77. The summed E-state index contributed by atoms with van der Waals surface area (Å²) >= 11 is 0. The van der Waals surface area contributed by atoms with Crippen LogP contribution in [0.15, 0.2) is 36.7 Å². The lowest BCUT2D eigenvalue weighted by molar-refractivity contribution is -0.249. The lowest BCUT2D eigenvalue weighted by Crippen LogP contribution is -2.66. The number of carbonyl (C=O) groups excluding carboxylic acids is 1. The van der Waals surface area contributed by atoms with Gasteiger partial charge in [0.2, 0.25) is 0 Å². The number of rotatable bonds is 4. The van der Waals surface area contributed by atoms with E-state index >= 15 is 0 Å². The molecule has 4 heteroatoms. The first-order valence-corrected chi connectivity index (χ1v) is 16.2. The first-order chi connectivity index (χ1) is 18.8. The smallest absolute Gasteiger partial charge is 0.339 e. The molecule has 1 heterocycles. The lowest BCUT2D eigenvalue weighted by atomic mass is 9.32. The maximum absolute atomic E-state index is 13.0. The van der Waals surface area contributed by atoms with E-state index in [2.05, 4.69) is 53.1 Å². The highest BCUT2D eigenvalue weighted by Gasteiger charge is 2.71. The number of hydrogen-bond donors (Lipinski definition) is 1. The number of pyridine rings is 1. The number of fused-ring (bicyclic) bond motifs is 7. The molecule has 0 bridgehead atoms. The van der Waals surface area contributed by atoms with Crippen LogP contribution in [0.4, 0.5) is 0 Å². The van der Waals surface area contributed by atoms with Crippen LogP contribution < -0.4 is 0 Å². The first kappa shape index (κ1) is 28.4. The Morgan fingerprint density at radius 3 is 2.45 bits per heavy atom. The summed E-state index contributed by atoms with van der Waals surface area (Å²) in [6, 6.07) is 3.61. The van der Waals surface area contributed by atoms with Gasteiger partial charge in [-0.05, 0) is 135 Å². The molecule has 1 N–H and O–H groups in total. The van der Waals surface area contributed by atoms with E-state index in [4.69, 9.17) is 4.74 Å².